The Balaban J connectivity index is 2.06. The zero-order chi connectivity index (χ0) is 19.8. The number of carbonyl (C=O) groups is 1. The van der Waals surface area contributed by atoms with Gasteiger partial charge >= 0.3 is 0 Å². The fraction of sp³-hybridized carbons (Fsp3) is 0.238. The van der Waals surface area contributed by atoms with E-state index in [0.717, 1.165) is 16.5 Å². The second kappa shape index (κ2) is 6.78. The highest BCUT2D eigenvalue weighted by Crippen LogP contribution is 2.25. The van der Waals surface area contributed by atoms with E-state index in [4.69, 9.17) is 0 Å². The summed E-state index contributed by atoms with van der Waals surface area (Å²) in [6, 6.07) is 13.9. The number of aromatic nitrogens is 1. The summed E-state index contributed by atoms with van der Waals surface area (Å²) >= 11 is 0. The predicted octanol–water partition coefficient (Wildman–Crippen LogP) is 4.44. The van der Waals surface area contributed by atoms with Crippen molar-refractivity contribution in [2.75, 3.05) is 0 Å². The van der Waals surface area contributed by atoms with Crippen LogP contribution >= 0.6 is 0 Å². The zero-order valence-electron chi connectivity index (χ0n) is 15.8. The van der Waals surface area contributed by atoms with Crippen molar-refractivity contribution in [1.82, 2.24) is 4.57 Å². The molecule has 0 aliphatic heterocycles. The molecule has 0 unspecified atom stereocenters. The second-order valence-electron chi connectivity index (χ2n) is 7.55. The molecule has 0 radical (unpaired) electrons. The molecule has 3 rings (SSSR count). The predicted molar refractivity (Wildman–Crippen MR) is 108 cm³/mol. The van der Waals surface area contributed by atoms with Crippen LogP contribution < -0.4 is 0 Å². The average molecular weight is 382 g/mol. The third-order valence-corrected chi connectivity index (χ3v) is 5.50. The van der Waals surface area contributed by atoms with Gasteiger partial charge in [0.1, 0.15) is 0 Å². The molecule has 5 nitrogen and oxygen atoms in total. The van der Waals surface area contributed by atoms with E-state index in [1.165, 1.54) is 18.3 Å². The molecule has 0 aliphatic carbocycles. The van der Waals surface area contributed by atoms with Crippen molar-refractivity contribution < 1.29 is 13.2 Å². The van der Waals surface area contributed by atoms with Crippen molar-refractivity contribution >= 4 is 33.0 Å². The molecule has 0 saturated heterocycles. The number of benzene rings is 2. The highest BCUT2D eigenvalue weighted by molar-refractivity contribution is 7.90. The Labute approximate surface area is 159 Å². The van der Waals surface area contributed by atoms with Gasteiger partial charge in [-0.1, -0.05) is 56.7 Å². The molecule has 3 aromatic rings. The van der Waals surface area contributed by atoms with Gasteiger partial charge in [-0.3, -0.25) is 9.36 Å². The molecule has 1 aromatic heterocycles. The van der Waals surface area contributed by atoms with Gasteiger partial charge in [-0.15, -0.1) is 0 Å². The Kier molecular flexibility index (Phi) is 4.78. The zero-order valence-corrected chi connectivity index (χ0v) is 16.6. The number of sulfonamides is 1. The van der Waals surface area contributed by atoms with Crippen LogP contribution in [0, 0.1) is 12.3 Å². The summed E-state index contributed by atoms with van der Waals surface area (Å²) in [5.41, 5.74) is 1.72. The average Bonchev–Trinajstić information content (AvgIpc) is 2.98. The van der Waals surface area contributed by atoms with Gasteiger partial charge < -0.3 is 0 Å². The maximum absolute atomic E-state index is 12.7. The molecule has 6 heteroatoms. The summed E-state index contributed by atoms with van der Waals surface area (Å²) in [7, 11) is -3.81. The second-order valence-corrected chi connectivity index (χ2v) is 9.18. The number of carbonyl (C=O) groups excluding carboxylic acids is 1. The summed E-state index contributed by atoms with van der Waals surface area (Å²) < 4.78 is 30.4. The molecule has 0 amide bonds. The molecule has 27 heavy (non-hydrogen) atoms. The molecule has 0 fully saturated rings. The SMILES string of the molecule is Cc1ccc(S(=O)(=O)/N=C/c2cn(C(=O)C(C)(C)C)c3ccccc23)cc1. The van der Waals surface area contributed by atoms with Crippen LogP contribution in [-0.2, 0) is 10.0 Å². The Morgan fingerprint density at radius 1 is 1.04 bits per heavy atom. The third kappa shape index (κ3) is 3.85. The van der Waals surface area contributed by atoms with Gasteiger partial charge in [-0.2, -0.15) is 12.8 Å². The molecule has 1 heterocycles. The van der Waals surface area contributed by atoms with Crippen LogP contribution in [0.2, 0.25) is 0 Å². The van der Waals surface area contributed by atoms with Crippen molar-refractivity contribution in [2.45, 2.75) is 32.6 Å². The summed E-state index contributed by atoms with van der Waals surface area (Å²) in [6.45, 7) is 7.43. The van der Waals surface area contributed by atoms with Gasteiger partial charge in [-0.05, 0) is 25.1 Å². The van der Waals surface area contributed by atoms with E-state index in [9.17, 15) is 13.2 Å². The fourth-order valence-corrected chi connectivity index (χ4v) is 3.59. The Morgan fingerprint density at radius 3 is 2.30 bits per heavy atom. The van der Waals surface area contributed by atoms with Crippen LogP contribution in [0.25, 0.3) is 10.9 Å². The maximum Gasteiger partial charge on any atom is 0.282 e. The van der Waals surface area contributed by atoms with Crippen molar-refractivity contribution in [3.8, 4) is 0 Å². The van der Waals surface area contributed by atoms with Crippen LogP contribution in [0.3, 0.4) is 0 Å². The lowest BCUT2D eigenvalue weighted by Gasteiger charge is -2.17. The fourth-order valence-electron chi connectivity index (χ4n) is 2.74. The van der Waals surface area contributed by atoms with Gasteiger partial charge in [0.05, 0.1) is 10.4 Å². The van der Waals surface area contributed by atoms with E-state index in [0.29, 0.717) is 5.56 Å². The highest BCUT2D eigenvalue weighted by Gasteiger charge is 2.25. The molecule has 0 spiro atoms. The maximum atomic E-state index is 12.7. The largest absolute Gasteiger partial charge is 0.286 e. The van der Waals surface area contributed by atoms with Crippen LogP contribution in [-0.4, -0.2) is 25.1 Å². The van der Waals surface area contributed by atoms with Gasteiger partial charge in [0.2, 0.25) is 5.91 Å². The van der Waals surface area contributed by atoms with Crippen LogP contribution in [0.15, 0.2) is 64.0 Å². The van der Waals surface area contributed by atoms with Gasteiger partial charge in [-0.25, -0.2) is 0 Å². The Bertz CT molecular complexity index is 1130. The quantitative estimate of drug-likeness (QED) is 0.629. The van der Waals surface area contributed by atoms with E-state index in [1.54, 1.807) is 22.9 Å². The summed E-state index contributed by atoms with van der Waals surface area (Å²) in [4.78, 5) is 12.9. The lowest BCUT2D eigenvalue weighted by atomic mass is 9.95. The molecule has 0 N–H and O–H groups in total. The minimum absolute atomic E-state index is 0.0697. The summed E-state index contributed by atoms with van der Waals surface area (Å²) in [5.74, 6) is -0.0697. The van der Waals surface area contributed by atoms with E-state index in [1.807, 2.05) is 52.0 Å². The highest BCUT2D eigenvalue weighted by atomic mass is 32.2. The van der Waals surface area contributed by atoms with Crippen molar-refractivity contribution in [3.63, 3.8) is 0 Å². The van der Waals surface area contributed by atoms with Crippen molar-refractivity contribution in [1.29, 1.82) is 0 Å². The first-order valence-corrected chi connectivity index (χ1v) is 10.1. The number of fused-ring (bicyclic) bond motifs is 1. The monoisotopic (exact) mass is 382 g/mol. The molecule has 0 atom stereocenters. The topological polar surface area (TPSA) is 68.5 Å². The summed E-state index contributed by atoms with van der Waals surface area (Å²) in [5, 5.41) is 0.776. The Morgan fingerprint density at radius 2 is 1.67 bits per heavy atom. The number of rotatable bonds is 3. The van der Waals surface area contributed by atoms with E-state index >= 15 is 0 Å². The molecular weight excluding hydrogens is 360 g/mol. The van der Waals surface area contributed by atoms with E-state index in [-0.39, 0.29) is 10.8 Å². The van der Waals surface area contributed by atoms with Gasteiger partial charge in [0, 0.05) is 28.8 Å². The van der Waals surface area contributed by atoms with Gasteiger partial charge in [0.25, 0.3) is 10.0 Å². The van der Waals surface area contributed by atoms with Crippen LogP contribution in [0.1, 0.15) is 36.7 Å². The first kappa shape index (κ1) is 19.0. The molecule has 140 valence electrons. The number of hydrogen-bond donors (Lipinski definition) is 0. The first-order chi connectivity index (χ1) is 12.6. The van der Waals surface area contributed by atoms with Crippen molar-refractivity contribution in [3.05, 3.63) is 65.9 Å². The lowest BCUT2D eigenvalue weighted by molar-refractivity contribution is 0.0772. The minimum atomic E-state index is -3.81. The standard InChI is InChI=1S/C21H22N2O3S/c1-15-9-11-17(12-10-15)27(25,26)22-13-16-14-23(20(24)21(2,3)4)19-8-6-5-7-18(16)19/h5-14H,1-4H3/b22-13+. The third-order valence-electron chi connectivity index (χ3n) is 4.25. The van der Waals surface area contributed by atoms with Crippen LogP contribution in [0.5, 0.6) is 0 Å². The number of para-hydroxylation sites is 1. The smallest absolute Gasteiger partial charge is 0.282 e. The molecular formula is C21H22N2O3S. The first-order valence-electron chi connectivity index (χ1n) is 8.61. The normalized spacial score (nSPS) is 12.7. The number of nitrogens with zero attached hydrogens (tertiary/aromatic N) is 2. The molecule has 0 bridgehead atoms. The van der Waals surface area contributed by atoms with Gasteiger partial charge in [0.15, 0.2) is 0 Å². The van der Waals surface area contributed by atoms with Crippen LogP contribution in [0.4, 0.5) is 0 Å². The molecule has 2 aromatic carbocycles. The minimum Gasteiger partial charge on any atom is -0.286 e. The van der Waals surface area contributed by atoms with Crippen molar-refractivity contribution in [2.24, 2.45) is 9.81 Å². The molecule has 0 aliphatic rings. The van der Waals surface area contributed by atoms with E-state index in [2.05, 4.69) is 4.40 Å². The lowest BCUT2D eigenvalue weighted by Crippen LogP contribution is -2.26. The number of hydrogen-bond acceptors (Lipinski definition) is 3. The Hall–Kier alpha value is -2.73. The number of aryl methyl sites for hydroxylation is 1. The summed E-state index contributed by atoms with van der Waals surface area (Å²) in [6.07, 6.45) is 2.95. The molecule has 0 saturated carbocycles. The van der Waals surface area contributed by atoms with E-state index < -0.39 is 15.4 Å².